The van der Waals surface area contributed by atoms with E-state index in [0.29, 0.717) is 39.5 Å². The number of ketones is 2. The zero-order chi connectivity index (χ0) is 17.0. The van der Waals surface area contributed by atoms with Crippen LogP contribution in [0.15, 0.2) is 38.7 Å². The third-order valence-corrected chi connectivity index (χ3v) is 4.53. The lowest BCUT2D eigenvalue weighted by Crippen LogP contribution is -1.99. The van der Waals surface area contributed by atoms with E-state index >= 15 is 0 Å². The van der Waals surface area contributed by atoms with Crippen molar-refractivity contribution >= 4 is 40.4 Å². The van der Waals surface area contributed by atoms with Gasteiger partial charge in [0.15, 0.2) is 22.7 Å². The number of hydrogen-bond donors (Lipinski definition) is 0. The molecular weight excluding hydrogens is 328 g/mol. The Labute approximate surface area is 142 Å². The van der Waals surface area contributed by atoms with Crippen LogP contribution >= 0.6 is 11.6 Å². The molecular formula is C19H13ClO4. The topological polar surface area (TPSA) is 60.4 Å². The molecule has 1 aliphatic carbocycles. The fourth-order valence-corrected chi connectivity index (χ4v) is 3.27. The summed E-state index contributed by atoms with van der Waals surface area (Å²) in [5.74, 6) is 0.523. The Morgan fingerprint density at radius 2 is 1.67 bits per heavy atom. The Morgan fingerprint density at radius 1 is 1.00 bits per heavy atom. The van der Waals surface area contributed by atoms with E-state index in [1.165, 1.54) is 6.08 Å². The van der Waals surface area contributed by atoms with E-state index in [9.17, 15) is 9.59 Å². The zero-order valence-electron chi connectivity index (χ0n) is 13.1. The van der Waals surface area contributed by atoms with Gasteiger partial charge in [0.05, 0.1) is 5.57 Å². The summed E-state index contributed by atoms with van der Waals surface area (Å²) >= 11 is 6.17. The highest BCUT2D eigenvalue weighted by atomic mass is 35.5. The van der Waals surface area contributed by atoms with Crippen LogP contribution in [0, 0.1) is 6.92 Å². The highest BCUT2D eigenvalue weighted by Gasteiger charge is 2.34. The molecule has 0 saturated heterocycles. The number of benzene rings is 1. The molecule has 0 bridgehead atoms. The van der Waals surface area contributed by atoms with Gasteiger partial charge in [-0.1, -0.05) is 18.5 Å². The van der Waals surface area contributed by atoms with Gasteiger partial charge >= 0.3 is 0 Å². The van der Waals surface area contributed by atoms with Crippen LogP contribution < -0.4 is 0 Å². The fourth-order valence-electron chi connectivity index (χ4n) is 2.98. The van der Waals surface area contributed by atoms with Gasteiger partial charge in [-0.3, -0.25) is 9.59 Å². The molecule has 1 aromatic carbocycles. The molecule has 4 nitrogen and oxygen atoms in total. The number of fused-ring (bicyclic) bond motifs is 2. The first-order valence-electron chi connectivity index (χ1n) is 7.61. The summed E-state index contributed by atoms with van der Waals surface area (Å²) in [4.78, 5) is 25.2. The Morgan fingerprint density at radius 3 is 2.33 bits per heavy atom. The predicted octanol–water partition coefficient (Wildman–Crippen LogP) is 5.01. The van der Waals surface area contributed by atoms with Crippen LogP contribution in [0.25, 0.3) is 17.2 Å². The SMILES string of the molecule is CCc1cc2c(cc1Cl)C(=O)/C(=C\c1cc3oc(C)cc3o1)C2=O. The van der Waals surface area contributed by atoms with E-state index in [0.717, 1.165) is 11.3 Å². The first-order chi connectivity index (χ1) is 11.5. The van der Waals surface area contributed by atoms with Gasteiger partial charge in [-0.05, 0) is 37.1 Å². The van der Waals surface area contributed by atoms with E-state index in [1.54, 1.807) is 24.3 Å². The fraction of sp³-hybridized carbons (Fsp3) is 0.158. The Balaban J connectivity index is 1.80. The van der Waals surface area contributed by atoms with Crippen LogP contribution in [0.1, 0.15) is 44.7 Å². The van der Waals surface area contributed by atoms with Crippen LogP contribution in [0.5, 0.6) is 0 Å². The number of Topliss-reactive ketones (excluding diaryl/α,β-unsaturated/α-hetero) is 2. The van der Waals surface area contributed by atoms with Crippen molar-refractivity contribution in [2.45, 2.75) is 20.3 Å². The average molecular weight is 341 g/mol. The molecule has 0 radical (unpaired) electrons. The van der Waals surface area contributed by atoms with Crippen LogP contribution in [0.4, 0.5) is 0 Å². The highest BCUT2D eigenvalue weighted by molar-refractivity contribution is 6.42. The molecule has 3 aromatic rings. The maximum atomic E-state index is 12.6. The number of allylic oxidation sites excluding steroid dienone is 1. The maximum Gasteiger partial charge on any atom is 0.197 e. The predicted molar refractivity (Wildman–Crippen MR) is 90.7 cm³/mol. The third kappa shape index (κ3) is 2.14. The summed E-state index contributed by atoms with van der Waals surface area (Å²) in [7, 11) is 0. The second kappa shape index (κ2) is 5.21. The second-order valence-corrected chi connectivity index (χ2v) is 6.20. The largest absolute Gasteiger partial charge is 0.458 e. The monoisotopic (exact) mass is 340 g/mol. The van der Waals surface area contributed by atoms with Crippen molar-refractivity contribution in [3.8, 4) is 0 Å². The molecule has 0 unspecified atom stereocenters. The van der Waals surface area contributed by atoms with Gasteiger partial charge in [0, 0.05) is 28.3 Å². The minimum atomic E-state index is -0.330. The number of furan rings is 2. The van der Waals surface area contributed by atoms with Gasteiger partial charge < -0.3 is 8.83 Å². The molecule has 1 aliphatic rings. The Bertz CT molecular complexity index is 1020. The van der Waals surface area contributed by atoms with E-state index in [-0.39, 0.29) is 17.1 Å². The van der Waals surface area contributed by atoms with Crippen molar-refractivity contribution in [1.82, 2.24) is 0 Å². The van der Waals surface area contributed by atoms with Crippen molar-refractivity contribution < 1.29 is 18.4 Å². The molecule has 120 valence electrons. The second-order valence-electron chi connectivity index (χ2n) is 5.79. The lowest BCUT2D eigenvalue weighted by atomic mass is 10.0. The van der Waals surface area contributed by atoms with Gasteiger partial charge in [0.1, 0.15) is 11.5 Å². The molecule has 24 heavy (non-hydrogen) atoms. The number of carbonyl (C=O) groups excluding carboxylic acids is 2. The Kier molecular flexibility index (Phi) is 3.25. The quantitative estimate of drug-likeness (QED) is 0.486. The van der Waals surface area contributed by atoms with E-state index in [1.807, 2.05) is 13.8 Å². The molecule has 0 atom stereocenters. The van der Waals surface area contributed by atoms with Crippen molar-refractivity contribution in [2.75, 3.05) is 0 Å². The van der Waals surface area contributed by atoms with Gasteiger partial charge in [0.2, 0.25) is 0 Å². The molecule has 0 amide bonds. The molecule has 4 rings (SSSR count). The normalized spacial score (nSPS) is 15.7. The summed E-state index contributed by atoms with van der Waals surface area (Å²) in [5.41, 5.74) is 2.86. The summed E-state index contributed by atoms with van der Waals surface area (Å²) in [6.07, 6.45) is 2.16. The lowest BCUT2D eigenvalue weighted by Gasteiger charge is -2.03. The van der Waals surface area contributed by atoms with Crippen LogP contribution in [0.3, 0.4) is 0 Å². The first kappa shape index (κ1) is 15.0. The van der Waals surface area contributed by atoms with Crippen LogP contribution in [-0.2, 0) is 6.42 Å². The number of hydrogen-bond acceptors (Lipinski definition) is 4. The number of carbonyl (C=O) groups is 2. The summed E-state index contributed by atoms with van der Waals surface area (Å²) in [6.45, 7) is 3.77. The molecule has 2 aromatic heterocycles. The van der Waals surface area contributed by atoms with Crippen molar-refractivity contribution in [3.63, 3.8) is 0 Å². The zero-order valence-corrected chi connectivity index (χ0v) is 13.9. The van der Waals surface area contributed by atoms with Crippen molar-refractivity contribution in [3.05, 3.63) is 63.1 Å². The minimum absolute atomic E-state index is 0.0856. The van der Waals surface area contributed by atoms with Gasteiger partial charge in [-0.2, -0.15) is 0 Å². The molecule has 0 saturated carbocycles. The van der Waals surface area contributed by atoms with E-state index in [4.69, 9.17) is 20.4 Å². The molecule has 2 heterocycles. The average Bonchev–Trinajstić information content (AvgIpc) is 3.13. The third-order valence-electron chi connectivity index (χ3n) is 4.18. The van der Waals surface area contributed by atoms with Gasteiger partial charge in [0.25, 0.3) is 0 Å². The van der Waals surface area contributed by atoms with Crippen LogP contribution in [0.2, 0.25) is 5.02 Å². The lowest BCUT2D eigenvalue weighted by molar-refractivity contribution is 0.0990. The summed E-state index contributed by atoms with van der Waals surface area (Å²) < 4.78 is 11.1. The smallest absolute Gasteiger partial charge is 0.197 e. The van der Waals surface area contributed by atoms with Crippen molar-refractivity contribution in [1.29, 1.82) is 0 Å². The molecule has 0 aliphatic heterocycles. The number of rotatable bonds is 2. The van der Waals surface area contributed by atoms with Gasteiger partial charge in [-0.15, -0.1) is 0 Å². The van der Waals surface area contributed by atoms with E-state index in [2.05, 4.69) is 0 Å². The van der Waals surface area contributed by atoms with Crippen molar-refractivity contribution in [2.24, 2.45) is 0 Å². The standard InChI is InChI=1S/C19H13ClO4/c1-3-10-5-12-13(8-15(10)20)19(22)14(18(12)21)6-11-7-17-16(24-11)4-9(2)23-17/h4-8H,3H2,1-2H3/b14-6-. The summed E-state index contributed by atoms with van der Waals surface area (Å²) in [5, 5.41) is 0.504. The highest BCUT2D eigenvalue weighted by Crippen LogP contribution is 2.33. The summed E-state index contributed by atoms with van der Waals surface area (Å²) in [6, 6.07) is 6.71. The molecule has 5 heteroatoms. The minimum Gasteiger partial charge on any atom is -0.458 e. The molecule has 0 N–H and O–H groups in total. The van der Waals surface area contributed by atoms with E-state index < -0.39 is 0 Å². The van der Waals surface area contributed by atoms with Gasteiger partial charge in [-0.25, -0.2) is 0 Å². The number of halogens is 1. The molecule has 0 spiro atoms. The molecule has 0 fully saturated rings. The maximum absolute atomic E-state index is 12.6. The first-order valence-corrected chi connectivity index (χ1v) is 7.99. The Hall–Kier alpha value is -2.59. The van der Waals surface area contributed by atoms with Crippen LogP contribution in [-0.4, -0.2) is 11.6 Å². The number of aryl methyl sites for hydroxylation is 2.